The summed E-state index contributed by atoms with van der Waals surface area (Å²) in [4.78, 5) is 20.9. The predicted octanol–water partition coefficient (Wildman–Crippen LogP) is 2.68. The van der Waals surface area contributed by atoms with Crippen LogP contribution in [0.1, 0.15) is 10.4 Å². The van der Waals surface area contributed by atoms with Gasteiger partial charge in [0.1, 0.15) is 22.2 Å². The number of H-pyrrole nitrogens is 1. The molecule has 0 radical (unpaired) electrons. The lowest BCUT2D eigenvalue weighted by molar-refractivity contribution is 0.461. The molecule has 0 saturated carbocycles. The molecular weight excluding hydrogens is 276 g/mol. The maximum atomic E-state index is 12.2. The molecule has 0 spiro atoms. The molecule has 5 nitrogen and oxygen atoms in total. The van der Waals surface area contributed by atoms with Crippen LogP contribution >= 0.6 is 11.3 Å². The van der Waals surface area contributed by atoms with Gasteiger partial charge in [-0.25, -0.2) is 4.98 Å². The van der Waals surface area contributed by atoms with Gasteiger partial charge in [0.15, 0.2) is 0 Å². The van der Waals surface area contributed by atoms with Crippen LogP contribution in [-0.4, -0.2) is 20.2 Å². The first kappa shape index (κ1) is 12.7. The number of aromatic hydroxyl groups is 2. The summed E-state index contributed by atoms with van der Waals surface area (Å²) in [5.74, 6) is 0.200. The van der Waals surface area contributed by atoms with Crippen molar-refractivity contribution in [2.45, 2.75) is 13.8 Å². The molecule has 3 rings (SSSR count). The first-order chi connectivity index (χ1) is 9.47. The number of nitrogens with one attached hydrogen (secondary N) is 1. The molecule has 102 valence electrons. The lowest BCUT2D eigenvalue weighted by atomic mass is 10.1. The van der Waals surface area contributed by atoms with Crippen molar-refractivity contribution in [1.82, 2.24) is 9.97 Å². The van der Waals surface area contributed by atoms with Crippen molar-refractivity contribution in [3.63, 3.8) is 0 Å². The van der Waals surface area contributed by atoms with E-state index in [1.165, 1.54) is 29.5 Å². The molecule has 3 aromatic rings. The number of rotatable bonds is 1. The second-order valence-corrected chi connectivity index (χ2v) is 5.78. The highest BCUT2D eigenvalue weighted by Gasteiger charge is 2.14. The number of aryl methyl sites for hydroxylation is 2. The minimum Gasteiger partial charge on any atom is -0.508 e. The van der Waals surface area contributed by atoms with E-state index >= 15 is 0 Å². The molecule has 0 amide bonds. The summed E-state index contributed by atoms with van der Waals surface area (Å²) in [6, 6.07) is 4.10. The number of phenols is 2. The summed E-state index contributed by atoms with van der Waals surface area (Å²) in [6.45, 7) is 3.82. The first-order valence-corrected chi connectivity index (χ1v) is 6.81. The van der Waals surface area contributed by atoms with Gasteiger partial charge in [-0.3, -0.25) is 4.79 Å². The molecule has 2 heterocycles. The van der Waals surface area contributed by atoms with E-state index in [4.69, 9.17) is 0 Å². The third kappa shape index (κ3) is 1.85. The molecule has 0 aliphatic rings. The molecule has 0 fully saturated rings. The van der Waals surface area contributed by atoms with Crippen LogP contribution in [0.2, 0.25) is 0 Å². The molecule has 0 atom stereocenters. The third-order valence-electron chi connectivity index (χ3n) is 3.27. The molecule has 2 aromatic heterocycles. The van der Waals surface area contributed by atoms with Gasteiger partial charge in [0.2, 0.25) is 0 Å². The summed E-state index contributed by atoms with van der Waals surface area (Å²) < 4.78 is 0. The maximum absolute atomic E-state index is 12.2. The average molecular weight is 288 g/mol. The Balaban J connectivity index is 2.33. The number of aromatic amines is 1. The quantitative estimate of drug-likeness (QED) is 0.601. The molecule has 0 aliphatic carbocycles. The van der Waals surface area contributed by atoms with Crippen LogP contribution in [0, 0.1) is 13.8 Å². The van der Waals surface area contributed by atoms with Gasteiger partial charge >= 0.3 is 0 Å². The van der Waals surface area contributed by atoms with Crippen LogP contribution in [0.25, 0.3) is 21.6 Å². The first-order valence-electron chi connectivity index (χ1n) is 5.99. The highest BCUT2D eigenvalue weighted by molar-refractivity contribution is 7.18. The van der Waals surface area contributed by atoms with E-state index in [1.807, 2.05) is 13.8 Å². The molecule has 0 unspecified atom stereocenters. The van der Waals surface area contributed by atoms with Gasteiger partial charge in [-0.1, -0.05) is 0 Å². The molecule has 20 heavy (non-hydrogen) atoms. The zero-order chi connectivity index (χ0) is 14.4. The van der Waals surface area contributed by atoms with Crippen LogP contribution in [-0.2, 0) is 0 Å². The Hall–Kier alpha value is -2.34. The SMILES string of the molecule is Cc1sc2nc(-c3cc(O)ccc3O)[nH]c(=O)c2c1C. The number of phenolic OH excluding ortho intramolecular Hbond substituents is 2. The molecule has 3 N–H and O–H groups in total. The highest BCUT2D eigenvalue weighted by Crippen LogP contribution is 2.32. The van der Waals surface area contributed by atoms with Crippen LogP contribution in [0.4, 0.5) is 0 Å². The Morgan fingerprint density at radius 3 is 2.75 bits per heavy atom. The van der Waals surface area contributed by atoms with Crippen molar-refractivity contribution in [2.75, 3.05) is 0 Å². The lowest BCUT2D eigenvalue weighted by Crippen LogP contribution is -2.09. The Bertz CT molecular complexity index is 880. The molecule has 0 aliphatic heterocycles. The lowest BCUT2D eigenvalue weighted by Gasteiger charge is -2.04. The van der Waals surface area contributed by atoms with E-state index in [2.05, 4.69) is 9.97 Å². The van der Waals surface area contributed by atoms with Crippen LogP contribution < -0.4 is 5.56 Å². The normalized spacial score (nSPS) is 11.1. The van der Waals surface area contributed by atoms with Gasteiger partial charge in [0, 0.05) is 4.88 Å². The minimum atomic E-state index is -0.241. The summed E-state index contributed by atoms with van der Waals surface area (Å²) in [5.41, 5.74) is 0.979. The smallest absolute Gasteiger partial charge is 0.260 e. The maximum Gasteiger partial charge on any atom is 0.260 e. The molecule has 1 aromatic carbocycles. The third-order valence-corrected chi connectivity index (χ3v) is 4.38. The number of thiophene rings is 1. The number of aromatic nitrogens is 2. The van der Waals surface area contributed by atoms with E-state index < -0.39 is 0 Å². The van der Waals surface area contributed by atoms with Gasteiger partial charge in [-0.05, 0) is 37.6 Å². The van der Waals surface area contributed by atoms with Crippen LogP contribution in [0.3, 0.4) is 0 Å². The monoisotopic (exact) mass is 288 g/mol. The Morgan fingerprint density at radius 1 is 1.25 bits per heavy atom. The Morgan fingerprint density at radius 2 is 2.00 bits per heavy atom. The van der Waals surface area contributed by atoms with Crippen molar-refractivity contribution in [3.05, 3.63) is 39.0 Å². The van der Waals surface area contributed by atoms with Crippen LogP contribution in [0.15, 0.2) is 23.0 Å². The van der Waals surface area contributed by atoms with Crippen molar-refractivity contribution in [1.29, 1.82) is 0 Å². The predicted molar refractivity (Wildman–Crippen MR) is 78.5 cm³/mol. The highest BCUT2D eigenvalue weighted by atomic mass is 32.1. The van der Waals surface area contributed by atoms with E-state index in [-0.39, 0.29) is 22.9 Å². The van der Waals surface area contributed by atoms with Crippen LogP contribution in [0.5, 0.6) is 11.5 Å². The van der Waals surface area contributed by atoms with Gasteiger partial charge in [-0.15, -0.1) is 11.3 Å². The molecule has 0 bridgehead atoms. The zero-order valence-electron chi connectivity index (χ0n) is 10.9. The van der Waals surface area contributed by atoms with E-state index in [9.17, 15) is 15.0 Å². The number of hydrogen-bond acceptors (Lipinski definition) is 5. The van der Waals surface area contributed by atoms with Gasteiger partial charge in [-0.2, -0.15) is 0 Å². The van der Waals surface area contributed by atoms with Gasteiger partial charge in [0.05, 0.1) is 10.9 Å². The zero-order valence-corrected chi connectivity index (χ0v) is 11.7. The fourth-order valence-electron chi connectivity index (χ4n) is 2.10. The Labute approximate surface area is 118 Å². The standard InChI is InChI=1S/C14H12N2O3S/c1-6-7(2)20-14-11(6)13(19)15-12(16-14)9-5-8(17)3-4-10(9)18/h3-5,17-18H,1-2H3,(H,15,16,19). The van der Waals surface area contributed by atoms with Gasteiger partial charge < -0.3 is 15.2 Å². The summed E-state index contributed by atoms with van der Waals surface area (Å²) in [5, 5.41) is 19.9. The van der Waals surface area contributed by atoms with E-state index in [0.717, 1.165) is 10.4 Å². The average Bonchev–Trinajstić information content (AvgIpc) is 2.68. The molecular formula is C14H12N2O3S. The van der Waals surface area contributed by atoms with Crippen molar-refractivity contribution < 1.29 is 10.2 Å². The molecule has 0 saturated heterocycles. The largest absolute Gasteiger partial charge is 0.508 e. The summed E-state index contributed by atoms with van der Waals surface area (Å²) in [7, 11) is 0. The summed E-state index contributed by atoms with van der Waals surface area (Å²) >= 11 is 1.44. The van der Waals surface area contributed by atoms with E-state index in [0.29, 0.717) is 15.8 Å². The number of hydrogen-bond donors (Lipinski definition) is 3. The number of fused-ring (bicyclic) bond motifs is 1. The Kier molecular flexibility index (Phi) is 2.76. The fraction of sp³-hybridized carbons (Fsp3) is 0.143. The van der Waals surface area contributed by atoms with E-state index in [1.54, 1.807) is 0 Å². The number of benzene rings is 1. The van der Waals surface area contributed by atoms with Crippen molar-refractivity contribution >= 4 is 21.6 Å². The van der Waals surface area contributed by atoms with Crippen molar-refractivity contribution in [2.24, 2.45) is 0 Å². The fourth-order valence-corrected chi connectivity index (χ4v) is 3.13. The topological polar surface area (TPSA) is 86.2 Å². The second kappa shape index (κ2) is 4.35. The van der Waals surface area contributed by atoms with Gasteiger partial charge in [0.25, 0.3) is 5.56 Å². The summed E-state index contributed by atoms with van der Waals surface area (Å²) in [6.07, 6.45) is 0. The van der Waals surface area contributed by atoms with Crippen molar-refractivity contribution in [3.8, 4) is 22.9 Å². The number of nitrogens with zero attached hydrogens (tertiary/aromatic N) is 1. The molecule has 6 heteroatoms. The minimum absolute atomic E-state index is 0.000846. The second-order valence-electron chi connectivity index (χ2n) is 4.58.